The Kier molecular flexibility index (Phi) is 4.32. The van der Waals surface area contributed by atoms with Gasteiger partial charge < -0.3 is 15.4 Å². The van der Waals surface area contributed by atoms with Gasteiger partial charge in [-0.2, -0.15) is 20.1 Å². The first-order valence-corrected chi connectivity index (χ1v) is 9.51. The molecule has 10 heteroatoms. The molecule has 0 aromatic carbocycles. The van der Waals surface area contributed by atoms with Crippen molar-refractivity contribution in [2.45, 2.75) is 25.7 Å². The number of ether oxygens (including phenoxy) is 1. The van der Waals surface area contributed by atoms with Gasteiger partial charge in [-0.25, -0.2) is 14.6 Å². The van der Waals surface area contributed by atoms with Crippen molar-refractivity contribution in [3.05, 3.63) is 29.8 Å². The number of fused-ring (bicyclic) bond motifs is 1. The van der Waals surface area contributed by atoms with Gasteiger partial charge in [0, 0.05) is 25.5 Å². The van der Waals surface area contributed by atoms with Crippen LogP contribution in [0.2, 0.25) is 0 Å². The van der Waals surface area contributed by atoms with Crippen molar-refractivity contribution < 1.29 is 4.74 Å². The Hall–Kier alpha value is -3.14. The van der Waals surface area contributed by atoms with Crippen LogP contribution in [-0.2, 0) is 17.6 Å². The molecule has 1 aliphatic carbocycles. The highest BCUT2D eigenvalue weighted by Crippen LogP contribution is 2.24. The lowest BCUT2D eigenvalue weighted by molar-refractivity contribution is 0.122. The summed E-state index contributed by atoms with van der Waals surface area (Å²) in [6, 6.07) is 0. The average molecular weight is 379 g/mol. The second-order valence-corrected chi connectivity index (χ2v) is 6.92. The standard InChI is InChI=1S/C18H21N9O/c19-16-20-9-13(10-21-16)15-23-17(26-5-7-28-8-6-26)25-18(24-15)27-14-4-2-1-3-12(14)11-22-27/h9-11H,1-8H2,(H2,19,20,21). The normalized spacial score (nSPS) is 16.8. The van der Waals surface area contributed by atoms with Crippen LogP contribution in [0.25, 0.3) is 17.3 Å². The van der Waals surface area contributed by atoms with Gasteiger partial charge in [0.15, 0.2) is 5.82 Å². The summed E-state index contributed by atoms with van der Waals surface area (Å²) in [5.74, 6) is 1.85. The first-order valence-electron chi connectivity index (χ1n) is 9.51. The van der Waals surface area contributed by atoms with Crippen LogP contribution < -0.4 is 10.6 Å². The SMILES string of the molecule is Nc1ncc(-c2nc(N3CCOCC3)nc(-n3ncc4c3CCCC4)n2)cn1. The molecule has 3 aromatic rings. The summed E-state index contributed by atoms with van der Waals surface area (Å²) in [6.07, 6.45) is 9.57. The molecule has 3 aromatic heterocycles. The molecule has 0 unspecified atom stereocenters. The molecule has 0 bridgehead atoms. The van der Waals surface area contributed by atoms with Gasteiger partial charge in [-0.15, -0.1) is 0 Å². The smallest absolute Gasteiger partial charge is 0.256 e. The number of hydrogen-bond donors (Lipinski definition) is 1. The molecule has 144 valence electrons. The third-order valence-electron chi connectivity index (χ3n) is 5.09. The number of morpholine rings is 1. The van der Waals surface area contributed by atoms with Gasteiger partial charge in [0.25, 0.3) is 5.95 Å². The summed E-state index contributed by atoms with van der Waals surface area (Å²) in [6.45, 7) is 2.77. The summed E-state index contributed by atoms with van der Waals surface area (Å²) in [5, 5.41) is 4.57. The Bertz CT molecular complexity index is 979. The zero-order valence-electron chi connectivity index (χ0n) is 15.5. The lowest BCUT2D eigenvalue weighted by atomic mass is 9.98. The zero-order chi connectivity index (χ0) is 18.9. The molecule has 10 nitrogen and oxygen atoms in total. The minimum Gasteiger partial charge on any atom is -0.378 e. The number of aromatic nitrogens is 7. The predicted molar refractivity (Wildman–Crippen MR) is 102 cm³/mol. The number of aryl methyl sites for hydroxylation is 1. The molecule has 5 rings (SSSR count). The van der Waals surface area contributed by atoms with Crippen LogP contribution in [0.3, 0.4) is 0 Å². The van der Waals surface area contributed by atoms with E-state index in [0.717, 1.165) is 32.4 Å². The molecule has 28 heavy (non-hydrogen) atoms. The first-order chi connectivity index (χ1) is 13.8. The van der Waals surface area contributed by atoms with E-state index in [1.165, 1.54) is 17.7 Å². The number of rotatable bonds is 3. The topological polar surface area (TPSA) is 121 Å². The lowest BCUT2D eigenvalue weighted by Gasteiger charge is -2.27. The average Bonchev–Trinajstić information content (AvgIpc) is 3.19. The molecule has 4 heterocycles. The van der Waals surface area contributed by atoms with E-state index in [0.29, 0.717) is 36.5 Å². The summed E-state index contributed by atoms with van der Waals surface area (Å²) < 4.78 is 7.31. The van der Waals surface area contributed by atoms with Crippen LogP contribution in [0.15, 0.2) is 18.6 Å². The fourth-order valence-corrected chi connectivity index (χ4v) is 3.60. The Morgan fingerprint density at radius 1 is 0.893 bits per heavy atom. The van der Waals surface area contributed by atoms with E-state index >= 15 is 0 Å². The minimum absolute atomic E-state index is 0.215. The minimum atomic E-state index is 0.215. The monoisotopic (exact) mass is 379 g/mol. The van der Waals surface area contributed by atoms with E-state index in [9.17, 15) is 0 Å². The maximum atomic E-state index is 5.62. The molecular weight excluding hydrogens is 358 g/mol. The summed E-state index contributed by atoms with van der Waals surface area (Å²) in [5.41, 5.74) is 8.77. The van der Waals surface area contributed by atoms with Gasteiger partial charge in [-0.1, -0.05) is 0 Å². The number of nitrogens with zero attached hydrogens (tertiary/aromatic N) is 8. The van der Waals surface area contributed by atoms with Gasteiger partial charge in [-0.05, 0) is 31.2 Å². The number of nitrogens with two attached hydrogens (primary N) is 1. The maximum Gasteiger partial charge on any atom is 0.256 e. The van der Waals surface area contributed by atoms with Crippen molar-refractivity contribution in [1.82, 2.24) is 34.7 Å². The quantitative estimate of drug-likeness (QED) is 0.704. The Balaban J connectivity index is 1.62. The largest absolute Gasteiger partial charge is 0.378 e. The molecule has 2 aliphatic rings. The Morgan fingerprint density at radius 2 is 1.64 bits per heavy atom. The molecular formula is C18H21N9O. The van der Waals surface area contributed by atoms with Gasteiger partial charge >= 0.3 is 0 Å². The van der Waals surface area contributed by atoms with Crippen LogP contribution in [0.1, 0.15) is 24.1 Å². The number of nitrogen functional groups attached to an aromatic ring is 1. The molecule has 0 amide bonds. The van der Waals surface area contributed by atoms with E-state index in [1.807, 2.05) is 10.9 Å². The van der Waals surface area contributed by atoms with E-state index in [1.54, 1.807) is 12.4 Å². The first kappa shape index (κ1) is 17.0. The second kappa shape index (κ2) is 7.12. The van der Waals surface area contributed by atoms with Crippen molar-refractivity contribution in [2.75, 3.05) is 36.9 Å². The zero-order valence-corrected chi connectivity index (χ0v) is 15.5. The number of hydrogen-bond acceptors (Lipinski definition) is 9. The van der Waals surface area contributed by atoms with Gasteiger partial charge in [-0.3, -0.25) is 0 Å². The van der Waals surface area contributed by atoms with Gasteiger partial charge in [0.1, 0.15) is 0 Å². The highest BCUT2D eigenvalue weighted by Gasteiger charge is 2.22. The molecule has 0 radical (unpaired) electrons. The van der Waals surface area contributed by atoms with E-state index in [4.69, 9.17) is 15.5 Å². The van der Waals surface area contributed by atoms with E-state index in [2.05, 4.69) is 29.9 Å². The van der Waals surface area contributed by atoms with Crippen LogP contribution in [0, 0.1) is 0 Å². The van der Waals surface area contributed by atoms with E-state index < -0.39 is 0 Å². The van der Waals surface area contributed by atoms with Crippen molar-refractivity contribution in [1.29, 1.82) is 0 Å². The Morgan fingerprint density at radius 3 is 2.46 bits per heavy atom. The van der Waals surface area contributed by atoms with Crippen LogP contribution >= 0.6 is 0 Å². The highest BCUT2D eigenvalue weighted by atomic mass is 16.5. The van der Waals surface area contributed by atoms with Gasteiger partial charge in [0.2, 0.25) is 11.9 Å². The fourth-order valence-electron chi connectivity index (χ4n) is 3.60. The summed E-state index contributed by atoms with van der Waals surface area (Å²) in [7, 11) is 0. The molecule has 0 saturated carbocycles. The Labute approximate surface area is 161 Å². The van der Waals surface area contributed by atoms with Crippen LogP contribution in [0.4, 0.5) is 11.9 Å². The molecule has 1 saturated heterocycles. The van der Waals surface area contributed by atoms with E-state index in [-0.39, 0.29) is 5.95 Å². The third-order valence-corrected chi connectivity index (χ3v) is 5.09. The van der Waals surface area contributed by atoms with Crippen molar-refractivity contribution in [3.63, 3.8) is 0 Å². The molecule has 0 atom stereocenters. The molecule has 0 spiro atoms. The summed E-state index contributed by atoms with van der Waals surface area (Å²) in [4.78, 5) is 24.3. The molecule has 1 fully saturated rings. The van der Waals surface area contributed by atoms with Gasteiger partial charge in [0.05, 0.1) is 30.7 Å². The lowest BCUT2D eigenvalue weighted by Crippen LogP contribution is -2.37. The summed E-state index contributed by atoms with van der Waals surface area (Å²) >= 11 is 0. The third kappa shape index (κ3) is 3.15. The number of anilines is 2. The molecule has 2 N–H and O–H groups in total. The molecule has 1 aliphatic heterocycles. The second-order valence-electron chi connectivity index (χ2n) is 6.92. The van der Waals surface area contributed by atoms with Crippen molar-refractivity contribution in [3.8, 4) is 17.3 Å². The fraction of sp³-hybridized carbons (Fsp3) is 0.444. The van der Waals surface area contributed by atoms with Crippen molar-refractivity contribution >= 4 is 11.9 Å². The maximum absolute atomic E-state index is 5.62. The van der Waals surface area contributed by atoms with Crippen LogP contribution in [-0.4, -0.2) is 61.0 Å². The predicted octanol–water partition coefficient (Wildman–Crippen LogP) is 0.812. The van der Waals surface area contributed by atoms with Crippen LogP contribution in [0.5, 0.6) is 0 Å². The van der Waals surface area contributed by atoms with Crippen molar-refractivity contribution in [2.24, 2.45) is 0 Å². The highest BCUT2D eigenvalue weighted by molar-refractivity contribution is 5.55.